The van der Waals surface area contributed by atoms with E-state index in [9.17, 15) is 19.1 Å². The number of benzene rings is 1. The van der Waals surface area contributed by atoms with E-state index in [-0.39, 0.29) is 40.8 Å². The van der Waals surface area contributed by atoms with Crippen molar-refractivity contribution in [1.82, 2.24) is 9.13 Å². The molecule has 0 atom stereocenters. The molecular weight excluding hydrogens is 337 g/mol. The molecule has 2 heterocycles. The molecule has 0 unspecified atom stereocenters. The first-order chi connectivity index (χ1) is 12.3. The normalized spacial score (nSPS) is 11.1. The highest BCUT2D eigenvalue weighted by Crippen LogP contribution is 2.25. The Labute approximate surface area is 149 Å². The first-order valence-corrected chi connectivity index (χ1v) is 8.19. The maximum Gasteiger partial charge on any atom is 0.253 e. The van der Waals surface area contributed by atoms with E-state index in [0.29, 0.717) is 11.2 Å². The lowest BCUT2D eigenvalue weighted by atomic mass is 10.1. The molecule has 0 saturated heterocycles. The molecule has 3 aromatic rings. The highest BCUT2D eigenvalue weighted by molar-refractivity contribution is 5.91. The Hall–Kier alpha value is -2.93. The van der Waals surface area contributed by atoms with Crippen molar-refractivity contribution in [2.45, 2.75) is 13.3 Å². The van der Waals surface area contributed by atoms with Crippen LogP contribution in [0.4, 0.5) is 15.8 Å². The minimum atomic E-state index is -0.470. The van der Waals surface area contributed by atoms with Gasteiger partial charge in [0.1, 0.15) is 11.5 Å². The minimum absolute atomic E-state index is 0.165. The van der Waals surface area contributed by atoms with Gasteiger partial charge in [-0.05, 0) is 24.6 Å². The van der Waals surface area contributed by atoms with Gasteiger partial charge in [0.2, 0.25) is 0 Å². The standard InChI is InChI=1S/C19H20FN3O3/c1-11-4-5-14(13(20)8-11)21-15-9-16(25)23(3)19-17(15)18(26)12(6-7-24)10-22(19)2/h4-5,8-10,21,24H,6-7H2,1-3H3. The van der Waals surface area contributed by atoms with Crippen molar-refractivity contribution in [3.8, 4) is 0 Å². The number of aromatic nitrogens is 2. The third-order valence-electron chi connectivity index (χ3n) is 4.39. The Morgan fingerprint density at radius 3 is 2.54 bits per heavy atom. The second-order valence-electron chi connectivity index (χ2n) is 6.33. The van der Waals surface area contributed by atoms with E-state index >= 15 is 0 Å². The molecule has 0 spiro atoms. The number of halogens is 1. The molecule has 0 amide bonds. The van der Waals surface area contributed by atoms with Crippen molar-refractivity contribution in [2.24, 2.45) is 14.1 Å². The number of rotatable bonds is 4. The number of aryl methyl sites for hydroxylation is 3. The molecule has 2 N–H and O–H groups in total. The molecule has 0 aliphatic carbocycles. The fraction of sp³-hybridized carbons (Fsp3) is 0.263. The lowest BCUT2D eigenvalue weighted by molar-refractivity contribution is 0.299. The van der Waals surface area contributed by atoms with E-state index in [1.807, 2.05) is 0 Å². The van der Waals surface area contributed by atoms with E-state index in [2.05, 4.69) is 5.32 Å². The number of nitrogens with zero attached hydrogens (tertiary/aromatic N) is 2. The predicted molar refractivity (Wildman–Crippen MR) is 99.6 cm³/mol. The molecule has 0 aliphatic rings. The van der Waals surface area contributed by atoms with Gasteiger partial charge in [-0.3, -0.25) is 14.2 Å². The first-order valence-electron chi connectivity index (χ1n) is 8.19. The molecule has 0 saturated carbocycles. The number of hydrogen-bond donors (Lipinski definition) is 2. The summed E-state index contributed by atoms with van der Waals surface area (Å²) >= 11 is 0. The van der Waals surface area contributed by atoms with Gasteiger partial charge in [0, 0.05) is 44.9 Å². The Bertz CT molecular complexity index is 1120. The Kier molecular flexibility index (Phi) is 4.65. The summed E-state index contributed by atoms with van der Waals surface area (Å²) in [4.78, 5) is 25.2. The number of hydrogen-bond acceptors (Lipinski definition) is 4. The van der Waals surface area contributed by atoms with Crippen molar-refractivity contribution >= 4 is 22.4 Å². The maximum atomic E-state index is 14.2. The molecule has 0 aliphatic heterocycles. The zero-order valence-electron chi connectivity index (χ0n) is 14.8. The molecule has 0 radical (unpaired) electrons. The number of nitrogens with one attached hydrogen (secondary N) is 1. The van der Waals surface area contributed by atoms with Gasteiger partial charge < -0.3 is 15.0 Å². The zero-order valence-corrected chi connectivity index (χ0v) is 14.8. The quantitative estimate of drug-likeness (QED) is 0.748. The third-order valence-corrected chi connectivity index (χ3v) is 4.39. The topological polar surface area (TPSA) is 76.3 Å². The molecule has 1 aromatic carbocycles. The highest BCUT2D eigenvalue weighted by atomic mass is 19.1. The van der Waals surface area contributed by atoms with E-state index in [1.165, 1.54) is 16.7 Å². The van der Waals surface area contributed by atoms with Gasteiger partial charge in [0.05, 0.1) is 16.8 Å². The van der Waals surface area contributed by atoms with Crippen LogP contribution in [0.15, 0.2) is 40.1 Å². The van der Waals surface area contributed by atoms with Crippen LogP contribution in [0.3, 0.4) is 0 Å². The average Bonchev–Trinajstić information content (AvgIpc) is 2.58. The van der Waals surface area contributed by atoms with Crippen LogP contribution >= 0.6 is 0 Å². The first kappa shape index (κ1) is 17.9. The molecule has 0 bridgehead atoms. The van der Waals surface area contributed by atoms with Crippen LogP contribution in [0.5, 0.6) is 0 Å². The summed E-state index contributed by atoms with van der Waals surface area (Å²) in [6.45, 7) is 1.61. The van der Waals surface area contributed by atoms with Crippen LogP contribution in [0.25, 0.3) is 11.0 Å². The highest BCUT2D eigenvalue weighted by Gasteiger charge is 2.16. The van der Waals surface area contributed by atoms with Crippen LogP contribution in [-0.4, -0.2) is 20.8 Å². The maximum absolute atomic E-state index is 14.2. The van der Waals surface area contributed by atoms with Crippen molar-refractivity contribution in [2.75, 3.05) is 11.9 Å². The van der Waals surface area contributed by atoms with Crippen LogP contribution in [0.1, 0.15) is 11.1 Å². The Morgan fingerprint density at radius 1 is 1.15 bits per heavy atom. The summed E-state index contributed by atoms with van der Waals surface area (Å²) in [5.41, 5.74) is 1.41. The van der Waals surface area contributed by atoms with Gasteiger partial charge in [-0.1, -0.05) is 6.07 Å². The largest absolute Gasteiger partial charge is 0.396 e. The van der Waals surface area contributed by atoms with E-state index in [4.69, 9.17) is 0 Å². The smallest absolute Gasteiger partial charge is 0.253 e. The summed E-state index contributed by atoms with van der Waals surface area (Å²) in [6.07, 6.45) is 1.81. The molecular formula is C19H20FN3O3. The van der Waals surface area contributed by atoms with Crippen LogP contribution in [0, 0.1) is 12.7 Å². The molecule has 2 aromatic heterocycles. The Balaban J connectivity index is 2.32. The monoisotopic (exact) mass is 357 g/mol. The van der Waals surface area contributed by atoms with Crippen molar-refractivity contribution in [1.29, 1.82) is 0 Å². The van der Waals surface area contributed by atoms with Crippen molar-refractivity contribution in [3.05, 3.63) is 68.0 Å². The van der Waals surface area contributed by atoms with E-state index in [0.717, 1.165) is 5.56 Å². The fourth-order valence-electron chi connectivity index (χ4n) is 3.10. The second kappa shape index (κ2) is 6.76. The van der Waals surface area contributed by atoms with Gasteiger partial charge in [-0.15, -0.1) is 0 Å². The molecule has 26 heavy (non-hydrogen) atoms. The van der Waals surface area contributed by atoms with Crippen LogP contribution in [0.2, 0.25) is 0 Å². The zero-order chi connectivity index (χ0) is 19.0. The summed E-state index contributed by atoms with van der Waals surface area (Å²) in [7, 11) is 3.30. The van der Waals surface area contributed by atoms with Gasteiger partial charge in [-0.2, -0.15) is 0 Å². The second-order valence-corrected chi connectivity index (χ2v) is 6.33. The summed E-state index contributed by atoms with van der Waals surface area (Å²) in [5.74, 6) is -0.470. The van der Waals surface area contributed by atoms with Crippen LogP contribution < -0.4 is 16.3 Å². The van der Waals surface area contributed by atoms with Gasteiger partial charge in [0.25, 0.3) is 5.56 Å². The average molecular weight is 357 g/mol. The van der Waals surface area contributed by atoms with Crippen LogP contribution in [-0.2, 0) is 20.5 Å². The molecule has 0 fully saturated rings. The van der Waals surface area contributed by atoms with Crippen molar-refractivity contribution < 1.29 is 9.50 Å². The third kappa shape index (κ3) is 3.01. The lowest BCUT2D eigenvalue weighted by Gasteiger charge is -2.16. The van der Waals surface area contributed by atoms with E-state index < -0.39 is 5.82 Å². The minimum Gasteiger partial charge on any atom is -0.396 e. The summed E-state index contributed by atoms with van der Waals surface area (Å²) in [6, 6.07) is 5.96. The fourth-order valence-corrected chi connectivity index (χ4v) is 3.10. The number of aliphatic hydroxyl groups is 1. The van der Waals surface area contributed by atoms with Crippen molar-refractivity contribution in [3.63, 3.8) is 0 Å². The predicted octanol–water partition coefficient (Wildman–Crippen LogP) is 1.96. The molecule has 3 rings (SSSR count). The number of pyridine rings is 2. The lowest BCUT2D eigenvalue weighted by Crippen LogP contribution is -2.25. The number of anilines is 2. The summed E-state index contributed by atoms with van der Waals surface area (Å²) in [5, 5.41) is 12.4. The molecule has 7 heteroatoms. The van der Waals surface area contributed by atoms with Gasteiger partial charge in [-0.25, -0.2) is 4.39 Å². The molecule has 136 valence electrons. The summed E-state index contributed by atoms with van der Waals surface area (Å²) < 4.78 is 17.3. The Morgan fingerprint density at radius 2 is 1.88 bits per heavy atom. The number of aliphatic hydroxyl groups excluding tert-OH is 1. The van der Waals surface area contributed by atoms with Gasteiger partial charge >= 0.3 is 0 Å². The van der Waals surface area contributed by atoms with E-state index in [1.54, 1.807) is 43.9 Å². The SMILES string of the molecule is Cc1ccc(Nc2cc(=O)n(C)c3c2c(=O)c(CCO)cn3C)c(F)c1. The molecule has 6 nitrogen and oxygen atoms in total. The number of fused-ring (bicyclic) bond motifs is 1. The van der Waals surface area contributed by atoms with Gasteiger partial charge in [0.15, 0.2) is 5.43 Å².